The lowest BCUT2D eigenvalue weighted by Gasteiger charge is -2.28. The van der Waals surface area contributed by atoms with Crippen molar-refractivity contribution in [1.82, 2.24) is 16.1 Å². The largest absolute Gasteiger partial charge is 0.490 e. The lowest BCUT2D eigenvalue weighted by Crippen LogP contribution is -2.45. The number of amides is 2. The van der Waals surface area contributed by atoms with Crippen LogP contribution in [0.1, 0.15) is 41.4 Å². The van der Waals surface area contributed by atoms with Gasteiger partial charge in [-0.05, 0) is 49.2 Å². The topological polar surface area (TPSA) is 168 Å². The highest BCUT2D eigenvalue weighted by atomic mass is 16.5. The number of aromatic carboxylic acids is 1. The van der Waals surface area contributed by atoms with Gasteiger partial charge in [0.15, 0.2) is 17.7 Å². The second-order valence-corrected chi connectivity index (χ2v) is 7.84. The number of nitrogens with zero attached hydrogens (tertiary/aromatic N) is 1. The van der Waals surface area contributed by atoms with Gasteiger partial charge < -0.3 is 35.1 Å². The summed E-state index contributed by atoms with van der Waals surface area (Å²) < 4.78 is 16.3. The maximum Gasteiger partial charge on any atom is 0.337 e. The molecule has 0 aromatic heterocycles. The summed E-state index contributed by atoms with van der Waals surface area (Å²) in [6.07, 6.45) is 0.265. The Kier molecular flexibility index (Phi) is 9.05. The fourth-order valence-corrected chi connectivity index (χ4v) is 3.53. The van der Waals surface area contributed by atoms with Gasteiger partial charge in [0.2, 0.25) is 0 Å². The van der Waals surface area contributed by atoms with E-state index >= 15 is 0 Å². The molecule has 0 fully saturated rings. The number of aliphatic hydroxyl groups excluding tert-OH is 1. The zero-order valence-corrected chi connectivity index (χ0v) is 20.5. The third-order valence-corrected chi connectivity index (χ3v) is 5.27. The number of urea groups is 1. The van der Waals surface area contributed by atoms with Gasteiger partial charge in [0, 0.05) is 5.70 Å². The van der Waals surface area contributed by atoms with Crippen LogP contribution in [0, 0.1) is 0 Å². The molecule has 2 aromatic carbocycles. The average molecular weight is 513 g/mol. The van der Waals surface area contributed by atoms with Crippen LogP contribution in [0.25, 0.3) is 0 Å². The molecule has 2 atom stereocenters. The number of hydrazone groups is 1. The van der Waals surface area contributed by atoms with Crippen molar-refractivity contribution >= 4 is 24.2 Å². The number of allylic oxidation sites excluding steroid dienone is 1. The lowest BCUT2D eigenvalue weighted by atomic mass is 9.95. The van der Waals surface area contributed by atoms with Gasteiger partial charge in [-0.2, -0.15) is 5.10 Å². The molecule has 2 amide bonds. The minimum Gasteiger partial charge on any atom is -0.490 e. The molecule has 0 aliphatic carbocycles. The molecule has 1 heterocycles. The number of methoxy groups -OCH3 is 1. The van der Waals surface area contributed by atoms with E-state index in [1.165, 1.54) is 25.5 Å². The van der Waals surface area contributed by atoms with Gasteiger partial charge in [0.1, 0.15) is 6.61 Å². The summed E-state index contributed by atoms with van der Waals surface area (Å²) in [7, 11) is 1.26. The van der Waals surface area contributed by atoms with E-state index in [9.17, 15) is 19.5 Å². The third kappa shape index (κ3) is 6.98. The summed E-state index contributed by atoms with van der Waals surface area (Å²) in [5.74, 6) is -0.922. The van der Waals surface area contributed by atoms with E-state index < -0.39 is 30.2 Å². The van der Waals surface area contributed by atoms with Crippen molar-refractivity contribution in [3.8, 4) is 11.5 Å². The molecule has 0 spiro atoms. The highest BCUT2D eigenvalue weighted by Crippen LogP contribution is 2.34. The number of carbonyl (C=O) groups is 3. The number of carboxylic acids is 1. The molecule has 0 unspecified atom stereocenters. The van der Waals surface area contributed by atoms with Crippen LogP contribution in [0.3, 0.4) is 0 Å². The standard InChI is InChI=1S/C25H28N4O8/c1-4-36-19-11-17(22-21(24(33)35-3)14(2)27-25(34)28-22)9-10-18(19)37-13-20(30)29-26-12-15-5-7-16(8-6-15)23(31)32/h5-12,20,22,29-30H,4,13H2,1-3H3,(H,31,32)(H2,27,28,34)/b26-12-/t20-,22+/m1/s1. The predicted octanol–water partition coefficient (Wildman–Crippen LogP) is 1.91. The molecule has 12 nitrogen and oxygen atoms in total. The molecule has 196 valence electrons. The number of benzene rings is 2. The predicted molar refractivity (Wildman–Crippen MR) is 132 cm³/mol. The molecule has 5 N–H and O–H groups in total. The molecule has 0 radical (unpaired) electrons. The number of hydrogen-bond acceptors (Lipinski definition) is 9. The first-order valence-corrected chi connectivity index (χ1v) is 11.3. The van der Waals surface area contributed by atoms with Crippen molar-refractivity contribution in [2.45, 2.75) is 26.1 Å². The van der Waals surface area contributed by atoms with Crippen LogP contribution in [0.5, 0.6) is 11.5 Å². The molecule has 3 rings (SSSR count). The maximum atomic E-state index is 12.3. The van der Waals surface area contributed by atoms with Gasteiger partial charge in [-0.25, -0.2) is 14.4 Å². The zero-order chi connectivity index (χ0) is 26.9. The Balaban J connectivity index is 1.68. The number of aliphatic hydroxyl groups is 1. The van der Waals surface area contributed by atoms with Gasteiger partial charge in [-0.1, -0.05) is 18.2 Å². The van der Waals surface area contributed by atoms with Crippen molar-refractivity contribution in [2.24, 2.45) is 5.10 Å². The molecular weight excluding hydrogens is 484 g/mol. The number of nitrogens with one attached hydrogen (secondary N) is 3. The Bertz CT molecular complexity index is 1210. The Morgan fingerprint density at radius 3 is 2.54 bits per heavy atom. The summed E-state index contributed by atoms with van der Waals surface area (Å²) in [6.45, 7) is 3.55. The van der Waals surface area contributed by atoms with Crippen LogP contribution < -0.4 is 25.5 Å². The Labute approximate surface area is 212 Å². The van der Waals surface area contributed by atoms with Crippen molar-refractivity contribution in [3.63, 3.8) is 0 Å². The van der Waals surface area contributed by atoms with E-state index in [1.54, 1.807) is 44.2 Å². The second-order valence-electron chi connectivity index (χ2n) is 7.84. The van der Waals surface area contributed by atoms with E-state index in [0.717, 1.165) is 0 Å². The summed E-state index contributed by atoms with van der Waals surface area (Å²) in [4.78, 5) is 35.3. The number of hydrogen-bond donors (Lipinski definition) is 5. The third-order valence-electron chi connectivity index (χ3n) is 5.27. The van der Waals surface area contributed by atoms with E-state index in [4.69, 9.17) is 19.3 Å². The highest BCUT2D eigenvalue weighted by molar-refractivity contribution is 5.95. The number of carbonyl (C=O) groups excluding carboxylic acids is 2. The van der Waals surface area contributed by atoms with Gasteiger partial charge in [-0.15, -0.1) is 0 Å². The molecule has 0 saturated heterocycles. The molecule has 0 bridgehead atoms. The number of rotatable bonds is 11. The second kappa shape index (κ2) is 12.4. The Hall–Kier alpha value is -4.58. The Morgan fingerprint density at radius 1 is 1.16 bits per heavy atom. The summed E-state index contributed by atoms with van der Waals surface area (Å²) in [6, 6.07) is 9.76. The van der Waals surface area contributed by atoms with Gasteiger partial charge in [-0.3, -0.25) is 5.43 Å². The first-order valence-electron chi connectivity index (χ1n) is 11.3. The smallest absolute Gasteiger partial charge is 0.337 e. The fourth-order valence-electron chi connectivity index (χ4n) is 3.53. The van der Waals surface area contributed by atoms with Crippen molar-refractivity contribution in [3.05, 3.63) is 70.4 Å². The number of esters is 1. The molecule has 1 aliphatic rings. The van der Waals surface area contributed by atoms with Crippen LogP contribution in [-0.2, 0) is 9.53 Å². The molecular formula is C25H28N4O8. The summed E-state index contributed by atoms with van der Waals surface area (Å²) >= 11 is 0. The SMILES string of the molecule is CCOc1cc([C@@H]2NC(=O)NC(C)=C2C(=O)OC)ccc1OC[C@@H](O)N/N=C\c1ccc(C(=O)O)cc1. The quantitative estimate of drug-likeness (QED) is 0.131. The normalized spacial score (nSPS) is 16.0. The molecule has 37 heavy (non-hydrogen) atoms. The molecule has 2 aromatic rings. The van der Waals surface area contributed by atoms with Gasteiger partial charge in [0.05, 0.1) is 37.1 Å². The monoisotopic (exact) mass is 512 g/mol. The van der Waals surface area contributed by atoms with Crippen molar-refractivity contribution in [1.29, 1.82) is 0 Å². The van der Waals surface area contributed by atoms with E-state index in [1.807, 2.05) is 0 Å². The van der Waals surface area contributed by atoms with Crippen LogP contribution in [0.2, 0.25) is 0 Å². The first-order chi connectivity index (χ1) is 17.7. The summed E-state index contributed by atoms with van der Waals surface area (Å²) in [5, 5.41) is 28.3. The average Bonchev–Trinajstić information content (AvgIpc) is 2.87. The minimum absolute atomic E-state index is 0.157. The van der Waals surface area contributed by atoms with Crippen LogP contribution >= 0.6 is 0 Å². The number of carboxylic acid groups (broad SMARTS) is 1. The van der Waals surface area contributed by atoms with Crippen LogP contribution in [0.4, 0.5) is 4.79 Å². The van der Waals surface area contributed by atoms with E-state index in [0.29, 0.717) is 34.9 Å². The number of ether oxygens (including phenoxy) is 3. The van der Waals surface area contributed by atoms with Crippen LogP contribution in [-0.4, -0.2) is 60.9 Å². The van der Waals surface area contributed by atoms with Gasteiger partial charge >= 0.3 is 18.0 Å². The van der Waals surface area contributed by atoms with E-state index in [2.05, 4.69) is 21.2 Å². The molecule has 0 saturated carbocycles. The van der Waals surface area contributed by atoms with Crippen molar-refractivity contribution < 1.29 is 38.8 Å². The molecule has 12 heteroatoms. The van der Waals surface area contributed by atoms with Crippen molar-refractivity contribution in [2.75, 3.05) is 20.3 Å². The molecule has 1 aliphatic heterocycles. The van der Waals surface area contributed by atoms with Gasteiger partial charge in [0.25, 0.3) is 0 Å². The Morgan fingerprint density at radius 2 is 1.89 bits per heavy atom. The van der Waals surface area contributed by atoms with E-state index in [-0.39, 0.29) is 17.7 Å². The van der Waals surface area contributed by atoms with Crippen LogP contribution in [0.15, 0.2) is 58.8 Å². The first kappa shape index (κ1) is 27.0. The fraction of sp³-hybridized carbons (Fsp3) is 0.280. The minimum atomic E-state index is -1.16. The zero-order valence-electron chi connectivity index (χ0n) is 20.5. The lowest BCUT2D eigenvalue weighted by molar-refractivity contribution is -0.136. The highest BCUT2D eigenvalue weighted by Gasteiger charge is 2.32. The maximum absolute atomic E-state index is 12.3. The summed E-state index contributed by atoms with van der Waals surface area (Å²) in [5.41, 5.74) is 4.53.